The maximum atomic E-state index is 10.9. The molecule has 6 aromatic rings. The Morgan fingerprint density at radius 2 is 1.17 bits per heavy atom. The van der Waals surface area contributed by atoms with Crippen LogP contribution in [0, 0.1) is 0 Å². The lowest BCUT2D eigenvalue weighted by molar-refractivity contribution is 0.492. The lowest BCUT2D eigenvalue weighted by Crippen LogP contribution is -2.02. The minimum atomic E-state index is -0.574. The third-order valence-electron chi connectivity index (χ3n) is 5.80. The summed E-state index contributed by atoms with van der Waals surface area (Å²) in [7, 11) is 0. The normalized spacial score (nSPS) is 13.2. The third-order valence-corrected chi connectivity index (χ3v) is 5.80. The van der Waals surface area contributed by atoms with E-state index >= 15 is 0 Å². The summed E-state index contributed by atoms with van der Waals surface area (Å²) in [6.45, 7) is 0. The average molecular weight is 380 g/mol. The molecule has 4 aromatic carbocycles. The van der Waals surface area contributed by atoms with Crippen LogP contribution in [0.1, 0.15) is 24.0 Å². The molecule has 0 saturated heterocycles. The van der Waals surface area contributed by atoms with E-state index in [9.17, 15) is 9.59 Å². The van der Waals surface area contributed by atoms with Gasteiger partial charge in [0, 0.05) is 0 Å². The van der Waals surface area contributed by atoms with Gasteiger partial charge in [0.05, 0.1) is 10.8 Å². The molecule has 0 unspecified atom stereocenters. The van der Waals surface area contributed by atoms with Crippen molar-refractivity contribution in [2.24, 2.45) is 0 Å². The monoisotopic (exact) mass is 380 g/mol. The first-order chi connectivity index (χ1) is 14.2. The number of fused-ring (bicyclic) bond motifs is 9. The zero-order chi connectivity index (χ0) is 19.8. The number of hydrogen-bond donors (Lipinski definition) is 0. The van der Waals surface area contributed by atoms with Crippen molar-refractivity contribution >= 4 is 32.3 Å². The molecular weight excluding hydrogens is 360 g/mol. The molecule has 1 aliphatic carbocycles. The van der Waals surface area contributed by atoms with Crippen molar-refractivity contribution < 1.29 is 4.42 Å². The summed E-state index contributed by atoms with van der Waals surface area (Å²) in [5, 5.41) is 6.47. The van der Waals surface area contributed by atoms with Gasteiger partial charge in [0.25, 0.3) is 0 Å². The van der Waals surface area contributed by atoms with Gasteiger partial charge < -0.3 is 4.42 Å². The molecule has 3 nitrogen and oxygen atoms in total. The maximum Gasteiger partial charge on any atom is 0.346 e. The van der Waals surface area contributed by atoms with Crippen molar-refractivity contribution in [1.29, 1.82) is 0 Å². The van der Waals surface area contributed by atoms with Crippen LogP contribution in [0.25, 0.3) is 32.3 Å². The van der Waals surface area contributed by atoms with Gasteiger partial charge in [-0.15, -0.1) is 0 Å². The van der Waals surface area contributed by atoms with Crippen LogP contribution in [0.15, 0.2) is 86.8 Å². The zero-order valence-corrected chi connectivity index (χ0v) is 16.0. The van der Waals surface area contributed by atoms with Crippen molar-refractivity contribution in [3.63, 3.8) is 0 Å². The molecule has 0 fully saturated rings. The van der Waals surface area contributed by atoms with Gasteiger partial charge in [-0.3, -0.25) is 0 Å². The summed E-state index contributed by atoms with van der Waals surface area (Å²) in [5.74, 6) is 0. The van der Waals surface area contributed by atoms with Gasteiger partial charge in [0.1, 0.15) is 0 Å². The Labute approximate surface area is 167 Å². The van der Waals surface area contributed by atoms with E-state index in [1.54, 1.807) is 35.4 Å². The van der Waals surface area contributed by atoms with E-state index in [2.05, 4.69) is 52.9 Å². The van der Waals surface area contributed by atoms with Crippen LogP contribution in [0.5, 0.6) is 0 Å². The Hall–Kier alpha value is -3.46. The average Bonchev–Trinajstić information content (AvgIpc) is 3.00. The van der Waals surface area contributed by atoms with Crippen molar-refractivity contribution in [2.75, 3.05) is 0 Å². The molecule has 2 bridgehead atoms. The van der Waals surface area contributed by atoms with Gasteiger partial charge in [0.2, 0.25) is 0 Å². The van der Waals surface area contributed by atoms with Gasteiger partial charge in [-0.05, 0) is 82.6 Å². The highest BCUT2D eigenvalue weighted by Gasteiger charge is 2.13. The number of aryl methyl sites for hydroxylation is 2. The molecule has 142 valence electrons. The molecule has 0 amide bonds. The fourth-order valence-electron chi connectivity index (χ4n) is 4.29. The second-order valence-corrected chi connectivity index (χ2v) is 7.55. The fourth-order valence-corrected chi connectivity index (χ4v) is 4.29. The predicted molar refractivity (Wildman–Crippen MR) is 118 cm³/mol. The zero-order valence-electron chi connectivity index (χ0n) is 16.0. The lowest BCUT2D eigenvalue weighted by atomic mass is 9.86. The highest BCUT2D eigenvalue weighted by atomic mass is 16.4. The van der Waals surface area contributed by atoms with Gasteiger partial charge >= 0.3 is 11.3 Å². The molecule has 1 aliphatic rings. The summed E-state index contributed by atoms with van der Waals surface area (Å²) in [5.41, 5.74) is 2.03. The largest absolute Gasteiger partial charge is 0.386 e. The van der Waals surface area contributed by atoms with Gasteiger partial charge in [0.15, 0.2) is 0 Å². The fraction of sp³-hybridized carbons (Fsp3) is 0.154. The van der Waals surface area contributed by atoms with Crippen LogP contribution in [0.3, 0.4) is 0 Å². The van der Waals surface area contributed by atoms with Crippen LogP contribution < -0.4 is 11.3 Å². The van der Waals surface area contributed by atoms with E-state index in [0.717, 1.165) is 0 Å². The van der Waals surface area contributed by atoms with Crippen molar-refractivity contribution in [3.05, 3.63) is 105 Å². The number of rotatable bonds is 0. The highest BCUT2D eigenvalue weighted by Crippen LogP contribution is 2.33. The maximum absolute atomic E-state index is 10.9. The number of hydrogen-bond acceptors (Lipinski definition) is 3. The first-order valence-electron chi connectivity index (χ1n) is 9.99. The standard InChI is InChI=1S/C18H16.C8H4O3/c1-3-7-15-13(5-1)9-11-18-16-8-4-2-6-14(16)10-12-17(15)18;9-7-5-1-2-6(4-3-5)8(10)11-7/h1,3,5,7,9-12H,2,4,6,8H2;1-4H. The Kier molecular flexibility index (Phi) is 4.36. The molecule has 29 heavy (non-hydrogen) atoms. The van der Waals surface area contributed by atoms with E-state index in [1.165, 1.54) is 47.2 Å². The number of benzene rings is 4. The van der Waals surface area contributed by atoms with Crippen LogP contribution in [0.4, 0.5) is 0 Å². The van der Waals surface area contributed by atoms with Crippen LogP contribution in [-0.2, 0) is 12.8 Å². The van der Waals surface area contributed by atoms with Gasteiger partial charge in [-0.25, -0.2) is 9.59 Å². The van der Waals surface area contributed by atoms with Crippen molar-refractivity contribution in [1.82, 2.24) is 0 Å². The molecule has 0 N–H and O–H groups in total. The Morgan fingerprint density at radius 1 is 0.552 bits per heavy atom. The van der Waals surface area contributed by atoms with Crippen molar-refractivity contribution in [3.8, 4) is 0 Å². The second kappa shape index (κ2) is 7.17. The smallest absolute Gasteiger partial charge is 0.346 e. The van der Waals surface area contributed by atoms with E-state index in [1.807, 2.05) is 0 Å². The van der Waals surface area contributed by atoms with E-state index < -0.39 is 11.3 Å². The molecule has 3 heteroatoms. The summed E-state index contributed by atoms with van der Waals surface area (Å²) in [6, 6.07) is 24.3. The van der Waals surface area contributed by atoms with Crippen LogP contribution in [-0.4, -0.2) is 0 Å². The molecule has 0 atom stereocenters. The SMILES string of the molecule is O=c1oc(=O)c2ccc1cc2.c1ccc2c(c1)ccc1c3c(ccc12)CCCC3. The topological polar surface area (TPSA) is 47.3 Å². The third kappa shape index (κ3) is 3.19. The molecule has 0 radical (unpaired) electrons. The summed E-state index contributed by atoms with van der Waals surface area (Å²) in [6.07, 6.45) is 5.22. The Morgan fingerprint density at radius 3 is 1.93 bits per heavy atom. The molecule has 2 aromatic heterocycles. The second-order valence-electron chi connectivity index (χ2n) is 7.55. The minimum Gasteiger partial charge on any atom is -0.386 e. The van der Waals surface area contributed by atoms with Gasteiger partial charge in [-0.1, -0.05) is 48.5 Å². The quantitative estimate of drug-likeness (QED) is 0.335. The molecule has 0 saturated carbocycles. The molecule has 0 spiro atoms. The minimum absolute atomic E-state index is 0.416. The van der Waals surface area contributed by atoms with Crippen LogP contribution in [0.2, 0.25) is 0 Å². The van der Waals surface area contributed by atoms with E-state index in [0.29, 0.717) is 10.8 Å². The molecular formula is C26H20O3. The molecule has 0 aliphatic heterocycles. The molecule has 2 heterocycles. The highest BCUT2D eigenvalue weighted by molar-refractivity contribution is 6.08. The first kappa shape index (κ1) is 17.6. The lowest BCUT2D eigenvalue weighted by Gasteiger charge is -2.18. The van der Waals surface area contributed by atoms with Gasteiger partial charge in [-0.2, -0.15) is 0 Å². The predicted octanol–water partition coefficient (Wildman–Crippen LogP) is 5.46. The Bertz CT molecular complexity index is 1380. The Balaban J connectivity index is 0.000000142. The summed E-state index contributed by atoms with van der Waals surface area (Å²) in [4.78, 5) is 21.8. The van der Waals surface area contributed by atoms with E-state index in [-0.39, 0.29) is 0 Å². The van der Waals surface area contributed by atoms with E-state index in [4.69, 9.17) is 0 Å². The summed E-state index contributed by atoms with van der Waals surface area (Å²) >= 11 is 0. The first-order valence-corrected chi connectivity index (χ1v) is 9.99. The van der Waals surface area contributed by atoms with Crippen molar-refractivity contribution in [2.45, 2.75) is 25.7 Å². The van der Waals surface area contributed by atoms with Crippen LogP contribution >= 0.6 is 0 Å². The summed E-state index contributed by atoms with van der Waals surface area (Å²) < 4.78 is 4.42. The molecule has 7 rings (SSSR count).